The molecule has 6 nitrogen and oxygen atoms in total. The summed E-state index contributed by atoms with van der Waals surface area (Å²) in [5, 5.41) is 6.41. The molecule has 0 saturated carbocycles. The second kappa shape index (κ2) is 6.39. The van der Waals surface area contributed by atoms with Crippen molar-refractivity contribution in [2.24, 2.45) is 0 Å². The summed E-state index contributed by atoms with van der Waals surface area (Å²) in [7, 11) is 0. The van der Waals surface area contributed by atoms with E-state index in [0.29, 0.717) is 17.3 Å². The highest BCUT2D eigenvalue weighted by atomic mass is 16.5. The van der Waals surface area contributed by atoms with Gasteiger partial charge in [-0.05, 0) is 19.3 Å². The first-order valence-electron chi connectivity index (χ1n) is 6.51. The second-order valence-electron chi connectivity index (χ2n) is 4.43. The number of aromatic nitrogens is 2. The molecule has 1 aromatic heterocycles. The second-order valence-corrected chi connectivity index (χ2v) is 4.43. The fourth-order valence-electron chi connectivity index (χ4n) is 1.94. The van der Waals surface area contributed by atoms with Gasteiger partial charge >= 0.3 is 0 Å². The summed E-state index contributed by atoms with van der Waals surface area (Å²) in [6.07, 6.45) is 5.05. The Labute approximate surface area is 107 Å². The van der Waals surface area contributed by atoms with Crippen LogP contribution in [0.4, 0.5) is 17.3 Å². The van der Waals surface area contributed by atoms with Crippen molar-refractivity contribution in [1.29, 1.82) is 0 Å². The smallest absolute Gasteiger partial charge is 0.154 e. The zero-order valence-electron chi connectivity index (χ0n) is 10.8. The molecule has 0 spiro atoms. The van der Waals surface area contributed by atoms with Crippen LogP contribution in [0.15, 0.2) is 6.33 Å². The van der Waals surface area contributed by atoms with Crippen LogP contribution in [0, 0.1) is 0 Å². The molecule has 1 fully saturated rings. The van der Waals surface area contributed by atoms with Crippen LogP contribution in [0.3, 0.4) is 0 Å². The van der Waals surface area contributed by atoms with E-state index >= 15 is 0 Å². The summed E-state index contributed by atoms with van der Waals surface area (Å²) in [6.45, 7) is 4.55. The van der Waals surface area contributed by atoms with Crippen molar-refractivity contribution >= 4 is 17.3 Å². The Morgan fingerprint density at radius 1 is 1.39 bits per heavy atom. The SMILES string of the molecule is CCCNc1ncnc(NCC2CCCO2)c1N. The fourth-order valence-corrected chi connectivity index (χ4v) is 1.94. The quantitative estimate of drug-likeness (QED) is 0.710. The molecular formula is C12H21N5O. The lowest BCUT2D eigenvalue weighted by Crippen LogP contribution is -2.20. The molecule has 2 rings (SSSR count). The van der Waals surface area contributed by atoms with Gasteiger partial charge < -0.3 is 21.1 Å². The molecule has 100 valence electrons. The monoisotopic (exact) mass is 251 g/mol. The molecule has 1 aliphatic heterocycles. The molecule has 1 saturated heterocycles. The van der Waals surface area contributed by atoms with E-state index in [1.54, 1.807) is 0 Å². The third-order valence-electron chi connectivity index (χ3n) is 2.95. The van der Waals surface area contributed by atoms with Crippen LogP contribution in [0.2, 0.25) is 0 Å². The Balaban J connectivity index is 1.94. The molecule has 1 atom stereocenters. The maximum absolute atomic E-state index is 6.02. The molecule has 0 aromatic carbocycles. The van der Waals surface area contributed by atoms with Crippen molar-refractivity contribution in [3.8, 4) is 0 Å². The van der Waals surface area contributed by atoms with E-state index in [0.717, 1.165) is 39.0 Å². The average Bonchev–Trinajstić information content (AvgIpc) is 2.89. The molecular weight excluding hydrogens is 230 g/mol. The van der Waals surface area contributed by atoms with E-state index in [4.69, 9.17) is 10.5 Å². The molecule has 4 N–H and O–H groups in total. The van der Waals surface area contributed by atoms with Crippen molar-refractivity contribution < 1.29 is 4.74 Å². The normalized spacial score (nSPS) is 18.8. The van der Waals surface area contributed by atoms with Crippen LogP contribution in [0.25, 0.3) is 0 Å². The van der Waals surface area contributed by atoms with Gasteiger partial charge in [0.25, 0.3) is 0 Å². The van der Waals surface area contributed by atoms with Crippen molar-refractivity contribution in [2.75, 3.05) is 36.1 Å². The predicted molar refractivity (Wildman–Crippen MR) is 72.7 cm³/mol. The van der Waals surface area contributed by atoms with Crippen LogP contribution < -0.4 is 16.4 Å². The lowest BCUT2D eigenvalue weighted by molar-refractivity contribution is 0.120. The minimum absolute atomic E-state index is 0.270. The lowest BCUT2D eigenvalue weighted by atomic mass is 10.2. The predicted octanol–water partition coefficient (Wildman–Crippen LogP) is 1.47. The highest BCUT2D eigenvalue weighted by Crippen LogP contribution is 2.23. The third-order valence-corrected chi connectivity index (χ3v) is 2.95. The number of nitrogens with zero attached hydrogens (tertiary/aromatic N) is 2. The zero-order chi connectivity index (χ0) is 12.8. The zero-order valence-corrected chi connectivity index (χ0v) is 10.8. The molecule has 0 radical (unpaired) electrons. The molecule has 6 heteroatoms. The number of ether oxygens (including phenoxy) is 1. The Kier molecular flexibility index (Phi) is 4.58. The van der Waals surface area contributed by atoms with Gasteiger partial charge in [-0.15, -0.1) is 0 Å². The maximum atomic E-state index is 6.02. The summed E-state index contributed by atoms with van der Waals surface area (Å²) >= 11 is 0. The Hall–Kier alpha value is -1.56. The average molecular weight is 251 g/mol. The van der Waals surface area contributed by atoms with E-state index in [1.165, 1.54) is 6.33 Å². The molecule has 1 aromatic rings. The van der Waals surface area contributed by atoms with Gasteiger partial charge in [-0.25, -0.2) is 9.97 Å². The van der Waals surface area contributed by atoms with Crippen LogP contribution >= 0.6 is 0 Å². The number of nitrogen functional groups attached to an aromatic ring is 1. The molecule has 18 heavy (non-hydrogen) atoms. The van der Waals surface area contributed by atoms with Gasteiger partial charge in [0, 0.05) is 19.7 Å². The van der Waals surface area contributed by atoms with E-state index in [1.807, 2.05) is 0 Å². The lowest BCUT2D eigenvalue weighted by Gasteiger charge is -2.14. The molecule has 2 heterocycles. The first-order valence-corrected chi connectivity index (χ1v) is 6.51. The molecule has 0 aliphatic carbocycles. The first kappa shape index (κ1) is 12.9. The van der Waals surface area contributed by atoms with Crippen LogP contribution in [-0.4, -0.2) is 35.8 Å². The van der Waals surface area contributed by atoms with Gasteiger partial charge in [0.15, 0.2) is 11.6 Å². The molecule has 0 amide bonds. The topological polar surface area (TPSA) is 85.1 Å². The van der Waals surface area contributed by atoms with Crippen molar-refractivity contribution in [3.63, 3.8) is 0 Å². The van der Waals surface area contributed by atoms with E-state index in [-0.39, 0.29) is 6.10 Å². The summed E-state index contributed by atoms with van der Waals surface area (Å²) in [6, 6.07) is 0. The maximum Gasteiger partial charge on any atom is 0.154 e. The highest BCUT2D eigenvalue weighted by molar-refractivity contribution is 5.73. The summed E-state index contributed by atoms with van der Waals surface area (Å²) in [5.74, 6) is 1.38. The highest BCUT2D eigenvalue weighted by Gasteiger charge is 2.16. The van der Waals surface area contributed by atoms with Gasteiger partial charge in [0.2, 0.25) is 0 Å². The number of anilines is 3. The number of nitrogens with one attached hydrogen (secondary N) is 2. The molecule has 0 bridgehead atoms. The van der Waals surface area contributed by atoms with Crippen LogP contribution in [0.5, 0.6) is 0 Å². The third kappa shape index (κ3) is 3.22. The Morgan fingerprint density at radius 2 is 2.17 bits per heavy atom. The first-order chi connectivity index (χ1) is 8.81. The van der Waals surface area contributed by atoms with E-state index < -0.39 is 0 Å². The minimum atomic E-state index is 0.270. The van der Waals surface area contributed by atoms with Gasteiger partial charge in [-0.3, -0.25) is 0 Å². The summed E-state index contributed by atoms with van der Waals surface area (Å²) < 4.78 is 5.55. The molecule has 1 aliphatic rings. The standard InChI is InChI=1S/C12H21N5O/c1-2-5-14-11-10(13)12(17-8-16-11)15-7-9-4-3-6-18-9/h8-9H,2-7,13H2,1H3,(H2,14,15,16,17). The van der Waals surface area contributed by atoms with E-state index in [2.05, 4.69) is 27.5 Å². The number of hydrogen-bond acceptors (Lipinski definition) is 6. The fraction of sp³-hybridized carbons (Fsp3) is 0.667. The Bertz CT molecular complexity index is 379. The van der Waals surface area contributed by atoms with Crippen molar-refractivity contribution in [2.45, 2.75) is 32.3 Å². The summed E-state index contributed by atoms with van der Waals surface area (Å²) in [5.41, 5.74) is 6.59. The number of hydrogen-bond donors (Lipinski definition) is 3. The van der Waals surface area contributed by atoms with Crippen LogP contribution in [-0.2, 0) is 4.74 Å². The van der Waals surface area contributed by atoms with Crippen molar-refractivity contribution in [3.05, 3.63) is 6.33 Å². The van der Waals surface area contributed by atoms with Gasteiger partial charge in [-0.2, -0.15) is 0 Å². The van der Waals surface area contributed by atoms with Gasteiger partial charge in [0.1, 0.15) is 12.0 Å². The Morgan fingerprint density at radius 3 is 2.83 bits per heavy atom. The number of nitrogens with two attached hydrogens (primary N) is 1. The van der Waals surface area contributed by atoms with Gasteiger partial charge in [0.05, 0.1) is 6.10 Å². The van der Waals surface area contributed by atoms with E-state index in [9.17, 15) is 0 Å². The van der Waals surface area contributed by atoms with Crippen LogP contribution in [0.1, 0.15) is 26.2 Å². The largest absolute Gasteiger partial charge is 0.393 e. The van der Waals surface area contributed by atoms with Gasteiger partial charge in [-0.1, -0.05) is 6.92 Å². The molecule has 1 unspecified atom stereocenters. The minimum Gasteiger partial charge on any atom is -0.393 e. The number of rotatable bonds is 6. The summed E-state index contributed by atoms with van der Waals surface area (Å²) in [4.78, 5) is 8.30. The van der Waals surface area contributed by atoms with Crippen molar-refractivity contribution in [1.82, 2.24) is 9.97 Å².